The molecule has 160 valence electrons. The number of carbonyl (C=O) groups excluding carboxylic acids is 3. The Labute approximate surface area is 162 Å². The van der Waals surface area contributed by atoms with E-state index in [0.717, 1.165) is 39.9 Å². The summed E-state index contributed by atoms with van der Waals surface area (Å²) in [6.45, 7) is 2.05. The van der Waals surface area contributed by atoms with Crippen molar-refractivity contribution >= 4 is 17.8 Å². The van der Waals surface area contributed by atoms with E-state index < -0.39 is 41.5 Å². The van der Waals surface area contributed by atoms with Gasteiger partial charge in [0, 0.05) is 13.0 Å². The molecule has 2 saturated heterocycles. The lowest BCUT2D eigenvalue weighted by molar-refractivity contribution is -0.220. The Morgan fingerprint density at radius 1 is 1.11 bits per heavy atom. The number of methoxy groups -OCH3 is 2. The maximum atomic E-state index is 14.1. The lowest BCUT2D eigenvalue weighted by Gasteiger charge is -2.35. The molecule has 1 amide bonds. The molecule has 0 saturated carbocycles. The first-order chi connectivity index (χ1) is 13.2. The SMILES string of the molecule is CCCCCCC[C@@H]1N2CCC(=O)N2[C@@H](C(F)(F)F)C1(C(=O)OC)C(=O)OC. The first-order valence-corrected chi connectivity index (χ1v) is 9.50. The highest BCUT2D eigenvalue weighted by atomic mass is 19.4. The van der Waals surface area contributed by atoms with E-state index in [1.807, 2.05) is 6.92 Å². The van der Waals surface area contributed by atoms with Gasteiger partial charge in [0.05, 0.1) is 20.3 Å². The number of hydrazine groups is 1. The smallest absolute Gasteiger partial charge is 0.412 e. The highest BCUT2D eigenvalue weighted by Crippen LogP contribution is 2.53. The summed E-state index contributed by atoms with van der Waals surface area (Å²) < 4.78 is 51.6. The zero-order valence-electron chi connectivity index (χ0n) is 16.4. The fourth-order valence-electron chi connectivity index (χ4n) is 4.42. The largest absolute Gasteiger partial charge is 0.468 e. The normalized spacial score (nSPS) is 24.4. The summed E-state index contributed by atoms with van der Waals surface area (Å²) in [6, 6.07) is -3.80. The fraction of sp³-hybridized carbons (Fsp3) is 0.833. The van der Waals surface area contributed by atoms with E-state index in [0.29, 0.717) is 11.4 Å². The minimum absolute atomic E-state index is 0.0147. The predicted molar refractivity (Wildman–Crippen MR) is 91.6 cm³/mol. The summed E-state index contributed by atoms with van der Waals surface area (Å²) in [4.78, 5) is 37.6. The van der Waals surface area contributed by atoms with E-state index in [1.54, 1.807) is 0 Å². The standard InChI is InChI=1S/C18H27F3N2O5/c1-4-5-6-7-8-9-12-17(15(25)27-2,16(26)28-3)14(18(19,20)21)23-13(24)10-11-22(12)23/h12,14H,4-11H2,1-3H3/t12-,14+/m0/s1. The van der Waals surface area contributed by atoms with Crippen molar-refractivity contribution < 1.29 is 37.0 Å². The molecule has 2 heterocycles. The molecular weight excluding hydrogens is 381 g/mol. The van der Waals surface area contributed by atoms with Gasteiger partial charge in [-0.15, -0.1) is 0 Å². The van der Waals surface area contributed by atoms with Crippen LogP contribution in [0.25, 0.3) is 0 Å². The van der Waals surface area contributed by atoms with E-state index in [9.17, 15) is 27.6 Å². The summed E-state index contributed by atoms with van der Waals surface area (Å²) in [5, 5.41) is 1.75. The minimum Gasteiger partial charge on any atom is -0.468 e. The van der Waals surface area contributed by atoms with Gasteiger partial charge in [-0.3, -0.25) is 19.4 Å². The number of rotatable bonds is 8. The van der Waals surface area contributed by atoms with Crippen LogP contribution >= 0.6 is 0 Å². The molecule has 7 nitrogen and oxygen atoms in total. The molecule has 2 rings (SSSR count). The van der Waals surface area contributed by atoms with Crippen LogP contribution in [-0.4, -0.2) is 66.9 Å². The molecule has 0 aromatic rings. The van der Waals surface area contributed by atoms with Crippen LogP contribution in [0.3, 0.4) is 0 Å². The van der Waals surface area contributed by atoms with Crippen LogP contribution in [0, 0.1) is 5.41 Å². The highest BCUT2D eigenvalue weighted by molar-refractivity contribution is 6.03. The van der Waals surface area contributed by atoms with Crippen LogP contribution in [0.1, 0.15) is 51.9 Å². The van der Waals surface area contributed by atoms with Crippen molar-refractivity contribution in [1.29, 1.82) is 0 Å². The number of carbonyl (C=O) groups is 3. The summed E-state index contributed by atoms with van der Waals surface area (Å²) in [7, 11) is 1.86. The van der Waals surface area contributed by atoms with Gasteiger partial charge in [-0.2, -0.15) is 13.2 Å². The Balaban J connectivity index is 2.52. The summed E-state index contributed by atoms with van der Waals surface area (Å²) in [5.74, 6) is -3.43. The Morgan fingerprint density at radius 2 is 1.68 bits per heavy atom. The third-order valence-corrected chi connectivity index (χ3v) is 5.59. The quantitative estimate of drug-likeness (QED) is 0.349. The van der Waals surface area contributed by atoms with Crippen molar-refractivity contribution in [2.24, 2.45) is 5.41 Å². The predicted octanol–water partition coefficient (Wildman–Crippen LogP) is 2.44. The van der Waals surface area contributed by atoms with Crippen LogP contribution in [-0.2, 0) is 23.9 Å². The Morgan fingerprint density at radius 3 is 2.18 bits per heavy atom. The molecule has 0 aliphatic carbocycles. The lowest BCUT2D eigenvalue weighted by atomic mass is 9.72. The van der Waals surface area contributed by atoms with Crippen LogP contribution < -0.4 is 0 Å². The third kappa shape index (κ3) is 3.58. The molecule has 0 unspecified atom stereocenters. The molecule has 2 fully saturated rings. The zero-order chi connectivity index (χ0) is 21.1. The first kappa shape index (κ1) is 22.4. The summed E-state index contributed by atoms with van der Waals surface area (Å²) >= 11 is 0. The van der Waals surface area contributed by atoms with Gasteiger partial charge < -0.3 is 9.47 Å². The van der Waals surface area contributed by atoms with Crippen molar-refractivity contribution in [1.82, 2.24) is 10.0 Å². The third-order valence-electron chi connectivity index (χ3n) is 5.59. The van der Waals surface area contributed by atoms with E-state index >= 15 is 0 Å². The van der Waals surface area contributed by atoms with Gasteiger partial charge in [-0.05, 0) is 6.42 Å². The number of halogens is 3. The number of nitrogens with zero attached hydrogens (tertiary/aromatic N) is 2. The minimum atomic E-state index is -5.02. The Kier molecular flexibility index (Phi) is 6.95. The van der Waals surface area contributed by atoms with Crippen molar-refractivity contribution in [2.45, 2.75) is 70.1 Å². The number of fused-ring (bicyclic) bond motifs is 1. The Bertz CT molecular complexity index is 595. The number of alkyl halides is 3. The van der Waals surface area contributed by atoms with Crippen LogP contribution in [0.4, 0.5) is 13.2 Å². The maximum Gasteiger partial charge on any atom is 0.412 e. The molecule has 0 aromatic carbocycles. The molecule has 0 radical (unpaired) electrons. The topological polar surface area (TPSA) is 76.2 Å². The average molecular weight is 408 g/mol. The fourth-order valence-corrected chi connectivity index (χ4v) is 4.42. The van der Waals surface area contributed by atoms with Crippen LogP contribution in [0.15, 0.2) is 0 Å². The van der Waals surface area contributed by atoms with Gasteiger partial charge in [0.1, 0.15) is 0 Å². The number of ether oxygens (including phenoxy) is 2. The number of hydrogen-bond donors (Lipinski definition) is 0. The molecule has 2 atom stereocenters. The highest BCUT2D eigenvalue weighted by Gasteiger charge is 2.77. The monoisotopic (exact) mass is 408 g/mol. The maximum absolute atomic E-state index is 14.1. The van der Waals surface area contributed by atoms with Crippen molar-refractivity contribution in [3.8, 4) is 0 Å². The summed E-state index contributed by atoms with van der Waals surface area (Å²) in [6.07, 6.45) is -0.812. The molecule has 28 heavy (non-hydrogen) atoms. The Hall–Kier alpha value is -1.84. The lowest BCUT2D eigenvalue weighted by Crippen LogP contribution is -2.61. The molecule has 2 aliphatic rings. The number of esters is 2. The van der Waals surface area contributed by atoms with Crippen molar-refractivity contribution in [3.05, 3.63) is 0 Å². The zero-order valence-corrected chi connectivity index (χ0v) is 16.4. The van der Waals surface area contributed by atoms with Gasteiger partial charge in [-0.1, -0.05) is 39.0 Å². The van der Waals surface area contributed by atoms with Gasteiger partial charge in [0.2, 0.25) is 11.3 Å². The van der Waals surface area contributed by atoms with Gasteiger partial charge in [-0.25, -0.2) is 5.01 Å². The second-order valence-electron chi connectivity index (χ2n) is 7.17. The van der Waals surface area contributed by atoms with Crippen LogP contribution in [0.5, 0.6) is 0 Å². The van der Waals surface area contributed by atoms with Gasteiger partial charge >= 0.3 is 18.1 Å². The second-order valence-corrected chi connectivity index (χ2v) is 7.17. The summed E-state index contributed by atoms with van der Waals surface area (Å²) in [5.41, 5.74) is -2.66. The molecule has 2 aliphatic heterocycles. The van der Waals surface area contributed by atoms with Crippen molar-refractivity contribution in [2.75, 3.05) is 20.8 Å². The van der Waals surface area contributed by atoms with Gasteiger partial charge in [0.15, 0.2) is 6.04 Å². The first-order valence-electron chi connectivity index (χ1n) is 9.50. The van der Waals surface area contributed by atoms with Gasteiger partial charge in [0.25, 0.3) is 0 Å². The second kappa shape index (κ2) is 8.67. The van der Waals surface area contributed by atoms with Crippen molar-refractivity contribution in [3.63, 3.8) is 0 Å². The molecular formula is C18H27F3N2O5. The number of amides is 1. The molecule has 0 spiro atoms. The van der Waals surface area contributed by atoms with E-state index in [-0.39, 0.29) is 19.4 Å². The molecule has 0 aromatic heterocycles. The number of unbranched alkanes of at least 4 members (excludes halogenated alkanes) is 4. The van der Waals surface area contributed by atoms with E-state index in [4.69, 9.17) is 0 Å². The van der Waals surface area contributed by atoms with E-state index in [2.05, 4.69) is 9.47 Å². The van der Waals surface area contributed by atoms with Crippen LogP contribution in [0.2, 0.25) is 0 Å². The molecule has 10 heteroatoms. The number of hydrogen-bond acceptors (Lipinski definition) is 6. The molecule has 0 bridgehead atoms. The molecule has 0 N–H and O–H groups in total. The van der Waals surface area contributed by atoms with E-state index in [1.165, 1.54) is 5.01 Å². The average Bonchev–Trinajstić information content (AvgIpc) is 3.15.